The first-order valence-corrected chi connectivity index (χ1v) is 5.71. The third-order valence-corrected chi connectivity index (χ3v) is 3.52. The van der Waals surface area contributed by atoms with Crippen LogP contribution in [-0.4, -0.2) is 0 Å². The van der Waals surface area contributed by atoms with Crippen LogP contribution >= 0.6 is 7.80 Å². The van der Waals surface area contributed by atoms with Crippen molar-refractivity contribution in [3.63, 3.8) is 0 Å². The minimum absolute atomic E-state index is 0. The topological polar surface area (TPSA) is 17.1 Å². The van der Waals surface area contributed by atoms with Crippen LogP contribution in [0.1, 0.15) is 0 Å². The maximum atomic E-state index is 12.0. The Bertz CT molecular complexity index is 386. The maximum absolute atomic E-state index is 12.0. The fourth-order valence-corrected chi connectivity index (χ4v) is 2.46. The van der Waals surface area contributed by atoms with E-state index in [1.54, 1.807) is 0 Å². The van der Waals surface area contributed by atoms with Gasteiger partial charge >= 0.3 is 7.80 Å². The van der Waals surface area contributed by atoms with Gasteiger partial charge in [0, 0.05) is 16.5 Å². The van der Waals surface area contributed by atoms with Crippen LogP contribution in [-0.2, 0) is 21.1 Å². The van der Waals surface area contributed by atoms with Crippen molar-refractivity contribution in [3.8, 4) is 0 Å². The minimum Gasteiger partial charge on any atom is -0.0619 e. The molecule has 0 fully saturated rings. The van der Waals surface area contributed by atoms with Gasteiger partial charge in [-0.25, -0.2) is 0 Å². The molecule has 0 spiro atoms. The summed E-state index contributed by atoms with van der Waals surface area (Å²) in [5, 5.41) is 1.77. The van der Waals surface area contributed by atoms with Gasteiger partial charge in [0.2, 0.25) is 0 Å². The van der Waals surface area contributed by atoms with Crippen molar-refractivity contribution in [1.29, 1.82) is 0 Å². The molecule has 3 heteroatoms. The van der Waals surface area contributed by atoms with Gasteiger partial charge in [-0.2, -0.15) is 0 Å². The summed E-state index contributed by atoms with van der Waals surface area (Å²) in [5.41, 5.74) is 0. The summed E-state index contributed by atoms with van der Waals surface area (Å²) in [5.74, 6) is 0. The molecular weight excluding hydrogens is 250 g/mol. The SMILES string of the molecule is O=[P+](c1ccccc1)c1ccccc1.[Ni]. The monoisotopic (exact) mass is 259 g/mol. The Balaban J connectivity index is 0.00000112. The van der Waals surface area contributed by atoms with Gasteiger partial charge in [-0.15, -0.1) is 0 Å². The molecule has 0 heterocycles. The Morgan fingerprint density at radius 1 is 0.667 bits per heavy atom. The van der Waals surface area contributed by atoms with Crippen LogP contribution < -0.4 is 10.6 Å². The summed E-state index contributed by atoms with van der Waals surface area (Å²) in [4.78, 5) is 0. The zero-order valence-corrected chi connectivity index (χ0v) is 9.83. The number of hydrogen-bond donors (Lipinski definition) is 0. The fourth-order valence-electron chi connectivity index (χ4n) is 1.28. The predicted molar refractivity (Wildman–Crippen MR) is 59.8 cm³/mol. The normalized spacial score (nSPS) is 9.07. The van der Waals surface area contributed by atoms with Crippen LogP contribution in [0.5, 0.6) is 0 Å². The molecule has 0 aromatic heterocycles. The molecule has 0 aliphatic rings. The van der Waals surface area contributed by atoms with E-state index in [1.165, 1.54) is 0 Å². The molecule has 0 unspecified atom stereocenters. The molecule has 1 nitrogen and oxygen atoms in total. The van der Waals surface area contributed by atoms with Crippen molar-refractivity contribution < 1.29 is 21.1 Å². The molecule has 15 heavy (non-hydrogen) atoms. The maximum Gasteiger partial charge on any atom is 0.415 e. The van der Waals surface area contributed by atoms with E-state index in [-0.39, 0.29) is 16.5 Å². The molecule has 78 valence electrons. The molecule has 0 saturated carbocycles. The largest absolute Gasteiger partial charge is 0.415 e. The van der Waals surface area contributed by atoms with E-state index >= 15 is 0 Å². The van der Waals surface area contributed by atoms with Crippen LogP contribution in [0.3, 0.4) is 0 Å². The second-order valence-electron chi connectivity index (χ2n) is 2.97. The van der Waals surface area contributed by atoms with Crippen molar-refractivity contribution in [3.05, 3.63) is 60.7 Å². The van der Waals surface area contributed by atoms with Gasteiger partial charge < -0.3 is 0 Å². The molecule has 2 aromatic rings. The quantitative estimate of drug-likeness (QED) is 0.598. The van der Waals surface area contributed by atoms with Crippen molar-refractivity contribution in [2.45, 2.75) is 0 Å². The summed E-state index contributed by atoms with van der Waals surface area (Å²) in [6, 6.07) is 19.1. The molecule has 0 aliphatic heterocycles. The van der Waals surface area contributed by atoms with Gasteiger partial charge in [0.25, 0.3) is 0 Å². The molecule has 2 rings (SSSR count). The first-order chi connectivity index (χ1) is 6.88. The average Bonchev–Trinajstić information content (AvgIpc) is 2.30. The van der Waals surface area contributed by atoms with E-state index in [0.717, 1.165) is 10.6 Å². The van der Waals surface area contributed by atoms with Gasteiger partial charge in [0.05, 0.1) is 0 Å². The van der Waals surface area contributed by atoms with Gasteiger partial charge in [0.15, 0.2) is 10.6 Å². The number of rotatable bonds is 2. The Hall–Kier alpha value is -0.966. The zero-order chi connectivity index (χ0) is 9.80. The summed E-state index contributed by atoms with van der Waals surface area (Å²) >= 11 is 0. The number of hydrogen-bond acceptors (Lipinski definition) is 1. The van der Waals surface area contributed by atoms with Crippen LogP contribution in [0.25, 0.3) is 0 Å². The Kier molecular flexibility index (Phi) is 4.68. The summed E-state index contributed by atoms with van der Waals surface area (Å²) in [6.07, 6.45) is 0. The van der Waals surface area contributed by atoms with Gasteiger partial charge in [-0.05, 0) is 24.3 Å². The Labute approximate surface area is 100 Å². The first kappa shape index (κ1) is 12.1. The fraction of sp³-hybridized carbons (Fsp3) is 0. The third-order valence-electron chi connectivity index (χ3n) is 1.98. The van der Waals surface area contributed by atoms with E-state index in [0.29, 0.717) is 0 Å². The molecule has 0 atom stereocenters. The molecule has 0 N–H and O–H groups in total. The molecule has 0 bridgehead atoms. The van der Waals surface area contributed by atoms with Gasteiger partial charge in [0.1, 0.15) is 0 Å². The first-order valence-electron chi connectivity index (χ1n) is 4.45. The van der Waals surface area contributed by atoms with Crippen LogP contribution in [0, 0.1) is 0 Å². The predicted octanol–water partition coefficient (Wildman–Crippen LogP) is 2.46. The van der Waals surface area contributed by atoms with E-state index < -0.39 is 7.80 Å². The van der Waals surface area contributed by atoms with Crippen molar-refractivity contribution >= 4 is 18.4 Å². The van der Waals surface area contributed by atoms with Crippen molar-refractivity contribution in [2.24, 2.45) is 0 Å². The number of benzene rings is 2. The van der Waals surface area contributed by atoms with E-state index in [2.05, 4.69) is 0 Å². The van der Waals surface area contributed by atoms with Crippen molar-refractivity contribution in [1.82, 2.24) is 0 Å². The molecule has 0 saturated heterocycles. The summed E-state index contributed by atoms with van der Waals surface area (Å²) < 4.78 is 12.0. The summed E-state index contributed by atoms with van der Waals surface area (Å²) in [6.45, 7) is 0. The van der Waals surface area contributed by atoms with E-state index in [1.807, 2.05) is 60.7 Å². The standard InChI is InChI=1S/C12H10OP.Ni/c13-14(11-7-3-1-4-8-11)12-9-5-2-6-10-12;/h1-10H;/q+1;. The summed E-state index contributed by atoms with van der Waals surface area (Å²) in [7, 11) is -1.42. The minimum atomic E-state index is -1.42. The van der Waals surface area contributed by atoms with Gasteiger partial charge in [-0.1, -0.05) is 41.0 Å². The van der Waals surface area contributed by atoms with Crippen LogP contribution in [0.4, 0.5) is 0 Å². The van der Waals surface area contributed by atoms with Gasteiger partial charge in [-0.3, -0.25) is 0 Å². The second kappa shape index (κ2) is 5.80. The molecule has 2 aromatic carbocycles. The van der Waals surface area contributed by atoms with Crippen LogP contribution in [0.2, 0.25) is 0 Å². The Morgan fingerprint density at radius 2 is 1.00 bits per heavy atom. The average molecular weight is 260 g/mol. The molecular formula is C12H10NiOP+. The van der Waals surface area contributed by atoms with E-state index in [4.69, 9.17) is 0 Å². The second-order valence-corrected chi connectivity index (χ2v) is 4.59. The molecule has 0 radical (unpaired) electrons. The molecule has 0 amide bonds. The Morgan fingerprint density at radius 3 is 1.33 bits per heavy atom. The zero-order valence-electron chi connectivity index (χ0n) is 7.95. The van der Waals surface area contributed by atoms with Crippen molar-refractivity contribution in [2.75, 3.05) is 0 Å². The molecule has 0 aliphatic carbocycles. The van der Waals surface area contributed by atoms with Crippen LogP contribution in [0.15, 0.2) is 60.7 Å². The smallest absolute Gasteiger partial charge is 0.0619 e. The van der Waals surface area contributed by atoms with E-state index in [9.17, 15) is 4.57 Å². The third kappa shape index (κ3) is 2.99.